The highest BCUT2D eigenvalue weighted by Crippen LogP contribution is 2.47. The molecule has 0 saturated heterocycles. The molecule has 0 unspecified atom stereocenters. The Kier molecular flexibility index (Phi) is 10.4. The summed E-state index contributed by atoms with van der Waals surface area (Å²) in [6.45, 7) is 6.33. The topological polar surface area (TPSA) is 60.2 Å². The van der Waals surface area contributed by atoms with Gasteiger partial charge in [0.05, 0.1) is 28.4 Å². The quantitative estimate of drug-likeness (QED) is 0.106. The van der Waals surface area contributed by atoms with Crippen LogP contribution in [0.2, 0.25) is 0 Å². The van der Waals surface area contributed by atoms with Crippen molar-refractivity contribution in [2.45, 2.75) is 6.92 Å². The molecular formula is C73H46N4O2S. The number of furan rings is 2. The number of rotatable bonds is 9. The standard InChI is InChI=1S/C73H46N4O2S/c1-3-54-57-20-11-13-23-66(57)79-69(54)39-44(2)48-29-36-64-63(40-48)70-59-22-10-9-19-56(59)60-41-49-17-7-8-18-50(49)42-62(60)73(70)77(64)52-32-27-47(28-33-52)55-35-37-65(72-71(55)74-80-75-72)76(51-30-25-46(26-31-51)45-15-5-4-6-16-45)53-34-38-68-61(43-53)58-21-12-14-24-67(58)78-68/h3-43H,1H2,2H3/b44-39+. The van der Waals surface area contributed by atoms with E-state index in [0.717, 1.165) is 111 Å². The highest BCUT2D eigenvalue weighted by atomic mass is 32.1. The first-order chi connectivity index (χ1) is 39.5. The van der Waals surface area contributed by atoms with Crippen LogP contribution in [0.3, 0.4) is 0 Å². The lowest BCUT2D eigenvalue weighted by molar-refractivity contribution is 0.603. The highest BCUT2D eigenvalue weighted by molar-refractivity contribution is 7.00. The maximum absolute atomic E-state index is 6.43. The van der Waals surface area contributed by atoms with Crippen molar-refractivity contribution in [3.05, 3.63) is 260 Å². The number of aromatic nitrogens is 3. The molecule has 0 aliphatic heterocycles. The third kappa shape index (κ3) is 7.18. The Balaban J connectivity index is 0.855. The zero-order valence-electron chi connectivity index (χ0n) is 43.4. The van der Waals surface area contributed by atoms with E-state index in [-0.39, 0.29) is 0 Å². The molecule has 0 amide bonds. The van der Waals surface area contributed by atoms with E-state index in [2.05, 4.69) is 235 Å². The van der Waals surface area contributed by atoms with Gasteiger partial charge in [-0.15, -0.1) is 0 Å². The van der Waals surface area contributed by atoms with Crippen LogP contribution in [-0.2, 0) is 0 Å². The lowest BCUT2D eigenvalue weighted by Crippen LogP contribution is -2.10. The molecule has 0 atom stereocenters. The average Bonchev–Trinajstić information content (AvgIpc) is 4.39. The number of hydrogen-bond donors (Lipinski definition) is 0. The van der Waals surface area contributed by atoms with Crippen LogP contribution < -0.4 is 4.90 Å². The Morgan fingerprint density at radius 1 is 0.487 bits per heavy atom. The molecule has 0 aliphatic rings. The lowest BCUT2D eigenvalue weighted by Gasteiger charge is -2.26. The van der Waals surface area contributed by atoms with Crippen molar-refractivity contribution in [3.63, 3.8) is 0 Å². The zero-order chi connectivity index (χ0) is 53.0. The molecule has 4 heterocycles. The van der Waals surface area contributed by atoms with Gasteiger partial charge in [-0.1, -0.05) is 158 Å². The highest BCUT2D eigenvalue weighted by Gasteiger charge is 2.24. The summed E-state index contributed by atoms with van der Waals surface area (Å²) >= 11 is 1.24. The van der Waals surface area contributed by atoms with Crippen LogP contribution in [0.5, 0.6) is 0 Å². The molecule has 0 saturated carbocycles. The smallest absolute Gasteiger partial charge is 0.135 e. The second kappa shape index (κ2) is 18.1. The van der Waals surface area contributed by atoms with Crippen LogP contribution >= 0.6 is 11.7 Å². The van der Waals surface area contributed by atoms with Gasteiger partial charge in [-0.05, 0) is 159 Å². The molecule has 376 valence electrons. The van der Waals surface area contributed by atoms with Crippen molar-refractivity contribution in [1.29, 1.82) is 0 Å². The van der Waals surface area contributed by atoms with E-state index >= 15 is 0 Å². The van der Waals surface area contributed by atoms with E-state index < -0.39 is 0 Å². The summed E-state index contributed by atoms with van der Waals surface area (Å²) in [6, 6.07) is 84.8. The molecule has 16 rings (SSSR count). The molecule has 0 N–H and O–H groups in total. The van der Waals surface area contributed by atoms with Crippen LogP contribution in [0.4, 0.5) is 17.1 Å². The van der Waals surface area contributed by atoms with Gasteiger partial charge in [-0.25, -0.2) is 0 Å². The van der Waals surface area contributed by atoms with Gasteiger partial charge in [0, 0.05) is 60.5 Å². The van der Waals surface area contributed by atoms with Gasteiger partial charge in [0.25, 0.3) is 0 Å². The van der Waals surface area contributed by atoms with E-state index in [4.69, 9.17) is 17.6 Å². The fourth-order valence-electron chi connectivity index (χ4n) is 12.4. The minimum atomic E-state index is 0.803. The largest absolute Gasteiger partial charge is 0.456 e. The summed E-state index contributed by atoms with van der Waals surface area (Å²) in [5.74, 6) is 0.803. The summed E-state index contributed by atoms with van der Waals surface area (Å²) in [6.07, 6.45) is 4.05. The van der Waals surface area contributed by atoms with Crippen molar-refractivity contribution >= 4 is 145 Å². The minimum Gasteiger partial charge on any atom is -0.456 e. The second-order valence-electron chi connectivity index (χ2n) is 20.7. The summed E-state index contributed by atoms with van der Waals surface area (Å²) < 4.78 is 25.3. The molecular weight excluding hydrogens is 997 g/mol. The van der Waals surface area contributed by atoms with E-state index in [1.54, 1.807) is 0 Å². The molecule has 4 aromatic heterocycles. The monoisotopic (exact) mass is 1040 g/mol. The third-order valence-corrected chi connectivity index (χ3v) is 16.7. The maximum Gasteiger partial charge on any atom is 0.135 e. The fraction of sp³-hybridized carbons (Fsp3) is 0.0137. The van der Waals surface area contributed by atoms with Gasteiger partial charge >= 0.3 is 0 Å². The Morgan fingerprint density at radius 3 is 1.91 bits per heavy atom. The molecule has 0 spiro atoms. The summed E-state index contributed by atoms with van der Waals surface area (Å²) in [5, 5.41) is 12.9. The number of hydrogen-bond acceptors (Lipinski definition) is 6. The molecule has 0 radical (unpaired) electrons. The molecule has 0 aliphatic carbocycles. The number of fused-ring (bicyclic) bond motifs is 14. The molecule has 6 nitrogen and oxygen atoms in total. The van der Waals surface area contributed by atoms with Crippen molar-refractivity contribution in [2.75, 3.05) is 4.90 Å². The Hall–Kier alpha value is -10.3. The number of para-hydroxylation sites is 2. The normalized spacial score (nSPS) is 12.2. The van der Waals surface area contributed by atoms with Crippen LogP contribution in [0.1, 0.15) is 23.8 Å². The Labute approximate surface area is 463 Å². The maximum atomic E-state index is 6.43. The van der Waals surface area contributed by atoms with Gasteiger partial charge in [0.2, 0.25) is 0 Å². The van der Waals surface area contributed by atoms with E-state index in [1.807, 2.05) is 36.4 Å². The molecule has 0 bridgehead atoms. The summed E-state index contributed by atoms with van der Waals surface area (Å²) in [7, 11) is 0. The first kappa shape index (κ1) is 45.8. The average molecular weight is 1040 g/mol. The number of benzene rings is 12. The molecule has 12 aromatic carbocycles. The Morgan fingerprint density at radius 2 is 1.12 bits per heavy atom. The lowest BCUT2D eigenvalue weighted by atomic mass is 9.94. The van der Waals surface area contributed by atoms with E-state index in [0.29, 0.717) is 0 Å². The van der Waals surface area contributed by atoms with Crippen molar-refractivity contribution in [2.24, 2.45) is 0 Å². The van der Waals surface area contributed by atoms with E-state index in [9.17, 15) is 0 Å². The van der Waals surface area contributed by atoms with Gasteiger partial charge in [-0.3, -0.25) is 0 Å². The third-order valence-electron chi connectivity index (χ3n) is 16.2. The first-order valence-electron chi connectivity index (χ1n) is 26.9. The van der Waals surface area contributed by atoms with E-state index in [1.165, 1.54) is 65.9 Å². The van der Waals surface area contributed by atoms with Gasteiger partial charge in [-0.2, -0.15) is 8.75 Å². The molecule has 0 fully saturated rings. The van der Waals surface area contributed by atoms with Crippen molar-refractivity contribution < 1.29 is 8.83 Å². The van der Waals surface area contributed by atoms with Crippen LogP contribution in [-0.4, -0.2) is 13.3 Å². The SMILES string of the molecule is C=Cc1c(/C=C(\C)c2ccc3c(c2)c2c4ccccc4c4cc5ccccc5cc4c2n3-c2ccc(-c3ccc(N(c4ccc(-c5ccccc5)cc4)c4ccc5oc6ccccc6c5c4)c4nsnc34)cc2)oc2ccccc12. The van der Waals surface area contributed by atoms with Crippen molar-refractivity contribution in [1.82, 2.24) is 13.3 Å². The minimum absolute atomic E-state index is 0.803. The number of anilines is 3. The predicted molar refractivity (Wildman–Crippen MR) is 337 cm³/mol. The van der Waals surface area contributed by atoms with Crippen LogP contribution in [0.25, 0.3) is 144 Å². The zero-order valence-corrected chi connectivity index (χ0v) is 44.2. The number of allylic oxidation sites excluding steroid dienone is 1. The van der Waals surface area contributed by atoms with Crippen LogP contribution in [0.15, 0.2) is 252 Å². The fourth-order valence-corrected chi connectivity index (χ4v) is 12.9. The summed E-state index contributed by atoms with van der Waals surface area (Å²) in [4.78, 5) is 2.30. The number of nitrogens with zero attached hydrogens (tertiary/aromatic N) is 4. The summed E-state index contributed by atoms with van der Waals surface area (Å²) in [5.41, 5.74) is 18.1. The van der Waals surface area contributed by atoms with Gasteiger partial charge in [0.1, 0.15) is 33.5 Å². The predicted octanol–water partition coefficient (Wildman–Crippen LogP) is 20.9. The molecule has 80 heavy (non-hydrogen) atoms. The molecule has 7 heteroatoms. The first-order valence-corrected chi connectivity index (χ1v) is 27.6. The second-order valence-corrected chi connectivity index (χ2v) is 21.2. The van der Waals surface area contributed by atoms with Crippen molar-refractivity contribution in [3.8, 4) is 27.9 Å². The van der Waals surface area contributed by atoms with Crippen LogP contribution in [0, 0.1) is 0 Å². The molecule has 16 aromatic rings. The Bertz CT molecular complexity index is 5220. The van der Waals surface area contributed by atoms with Gasteiger partial charge < -0.3 is 18.3 Å². The van der Waals surface area contributed by atoms with Gasteiger partial charge in [0.15, 0.2) is 0 Å².